The predicted molar refractivity (Wildman–Crippen MR) is 69.5 cm³/mol. The number of para-hydroxylation sites is 1. The summed E-state index contributed by atoms with van der Waals surface area (Å²) < 4.78 is 5.03. The Morgan fingerprint density at radius 1 is 1.41 bits per heavy atom. The van der Waals surface area contributed by atoms with Gasteiger partial charge in [0, 0.05) is 5.39 Å². The molecular formula is C13H13NO2S. The Labute approximate surface area is 104 Å². The Morgan fingerprint density at radius 3 is 2.88 bits per heavy atom. The van der Waals surface area contributed by atoms with Gasteiger partial charge < -0.3 is 4.74 Å². The van der Waals surface area contributed by atoms with Gasteiger partial charge in [-0.2, -0.15) is 0 Å². The van der Waals surface area contributed by atoms with Crippen molar-refractivity contribution in [3.8, 4) is 0 Å². The summed E-state index contributed by atoms with van der Waals surface area (Å²) in [5, 5.41) is 1.66. The third-order valence-corrected chi connectivity index (χ3v) is 3.08. The lowest BCUT2D eigenvalue weighted by Crippen LogP contribution is -2.07. The summed E-state index contributed by atoms with van der Waals surface area (Å²) >= 11 is 1.45. The number of hydrogen-bond donors (Lipinski definition) is 0. The van der Waals surface area contributed by atoms with Crippen LogP contribution < -0.4 is 0 Å². The molecule has 0 aliphatic rings. The summed E-state index contributed by atoms with van der Waals surface area (Å²) in [7, 11) is 0. The molecule has 0 amide bonds. The number of nitrogens with zero attached hydrogens (tertiary/aromatic N) is 1. The van der Waals surface area contributed by atoms with E-state index in [-0.39, 0.29) is 5.97 Å². The number of fused-ring (bicyclic) bond motifs is 1. The molecule has 0 N–H and O–H groups in total. The lowest BCUT2D eigenvalue weighted by atomic mass is 10.1. The van der Waals surface area contributed by atoms with Crippen molar-refractivity contribution in [3.63, 3.8) is 0 Å². The average molecular weight is 247 g/mol. The Morgan fingerprint density at radius 2 is 2.18 bits per heavy atom. The van der Waals surface area contributed by atoms with Gasteiger partial charge in [0.05, 0.1) is 17.7 Å². The smallest absolute Gasteiger partial charge is 0.340 e. The zero-order chi connectivity index (χ0) is 12.3. The SMILES string of the molecule is CCOC(=O)c1cc2ccccc2nc1SC. The standard InChI is InChI=1S/C13H13NO2S/c1-3-16-13(15)10-8-9-6-4-5-7-11(9)14-12(10)17-2/h4-8H,3H2,1-2H3. The topological polar surface area (TPSA) is 39.2 Å². The predicted octanol–water partition coefficient (Wildman–Crippen LogP) is 3.13. The molecule has 88 valence electrons. The van der Waals surface area contributed by atoms with E-state index in [1.165, 1.54) is 11.8 Å². The highest BCUT2D eigenvalue weighted by molar-refractivity contribution is 7.98. The molecule has 0 atom stereocenters. The lowest BCUT2D eigenvalue weighted by molar-refractivity contribution is 0.0521. The first-order valence-electron chi connectivity index (χ1n) is 5.37. The quantitative estimate of drug-likeness (QED) is 0.617. The Kier molecular flexibility index (Phi) is 3.64. The highest BCUT2D eigenvalue weighted by atomic mass is 32.2. The molecule has 0 saturated carbocycles. The maximum atomic E-state index is 11.8. The van der Waals surface area contributed by atoms with Crippen LogP contribution in [-0.2, 0) is 4.74 Å². The number of esters is 1. The van der Waals surface area contributed by atoms with Gasteiger partial charge in [-0.25, -0.2) is 9.78 Å². The van der Waals surface area contributed by atoms with E-state index in [1.807, 2.05) is 36.6 Å². The summed E-state index contributed by atoms with van der Waals surface area (Å²) in [5.74, 6) is -0.310. The second-order valence-electron chi connectivity index (χ2n) is 3.46. The van der Waals surface area contributed by atoms with Crippen molar-refractivity contribution in [2.24, 2.45) is 0 Å². The van der Waals surface area contributed by atoms with Crippen molar-refractivity contribution >= 4 is 28.6 Å². The number of pyridine rings is 1. The molecule has 0 aliphatic carbocycles. The molecule has 1 aromatic carbocycles. The molecule has 0 spiro atoms. The molecule has 17 heavy (non-hydrogen) atoms. The van der Waals surface area contributed by atoms with Crippen molar-refractivity contribution in [2.45, 2.75) is 11.9 Å². The molecule has 0 saturated heterocycles. The number of hydrogen-bond acceptors (Lipinski definition) is 4. The van der Waals surface area contributed by atoms with Crippen LogP contribution >= 0.6 is 11.8 Å². The van der Waals surface area contributed by atoms with E-state index in [9.17, 15) is 4.79 Å². The molecule has 1 aromatic heterocycles. The first-order chi connectivity index (χ1) is 8.26. The van der Waals surface area contributed by atoms with Crippen molar-refractivity contribution < 1.29 is 9.53 Å². The Balaban J connectivity index is 2.56. The normalized spacial score (nSPS) is 10.5. The van der Waals surface area contributed by atoms with Crippen LogP contribution in [0.5, 0.6) is 0 Å². The summed E-state index contributed by atoms with van der Waals surface area (Å²) in [6.07, 6.45) is 1.90. The lowest BCUT2D eigenvalue weighted by Gasteiger charge is -2.07. The summed E-state index contributed by atoms with van der Waals surface area (Å²) in [6.45, 7) is 2.17. The van der Waals surface area contributed by atoms with E-state index in [0.717, 1.165) is 10.9 Å². The second kappa shape index (κ2) is 5.19. The maximum Gasteiger partial charge on any atom is 0.340 e. The monoisotopic (exact) mass is 247 g/mol. The van der Waals surface area contributed by atoms with E-state index in [1.54, 1.807) is 6.92 Å². The van der Waals surface area contributed by atoms with E-state index in [0.29, 0.717) is 17.2 Å². The molecule has 2 rings (SSSR count). The molecule has 0 fully saturated rings. The van der Waals surface area contributed by atoms with Gasteiger partial charge in [0.25, 0.3) is 0 Å². The number of rotatable bonds is 3. The molecule has 0 aliphatic heterocycles. The number of aromatic nitrogens is 1. The van der Waals surface area contributed by atoms with Crippen LogP contribution in [-0.4, -0.2) is 23.8 Å². The third kappa shape index (κ3) is 2.42. The number of ether oxygens (including phenoxy) is 1. The fourth-order valence-electron chi connectivity index (χ4n) is 1.61. The third-order valence-electron chi connectivity index (χ3n) is 2.38. The molecule has 4 heteroatoms. The summed E-state index contributed by atoms with van der Waals surface area (Å²) in [5.41, 5.74) is 1.43. The molecule has 3 nitrogen and oxygen atoms in total. The Hall–Kier alpha value is -1.55. The zero-order valence-electron chi connectivity index (χ0n) is 9.77. The van der Waals surface area contributed by atoms with Crippen molar-refractivity contribution in [2.75, 3.05) is 12.9 Å². The van der Waals surface area contributed by atoms with E-state index in [2.05, 4.69) is 4.98 Å². The van der Waals surface area contributed by atoms with Gasteiger partial charge in [0.15, 0.2) is 0 Å². The number of carbonyl (C=O) groups excluding carboxylic acids is 1. The van der Waals surface area contributed by atoms with Crippen LogP contribution in [0, 0.1) is 0 Å². The fraction of sp³-hybridized carbons (Fsp3) is 0.231. The van der Waals surface area contributed by atoms with E-state index >= 15 is 0 Å². The van der Waals surface area contributed by atoms with Crippen LogP contribution in [0.15, 0.2) is 35.4 Å². The fourth-order valence-corrected chi connectivity index (χ4v) is 2.16. The second-order valence-corrected chi connectivity index (χ2v) is 4.25. The minimum absolute atomic E-state index is 0.310. The first-order valence-corrected chi connectivity index (χ1v) is 6.59. The molecule has 0 radical (unpaired) electrons. The summed E-state index contributed by atoms with van der Waals surface area (Å²) in [4.78, 5) is 16.3. The molecular weight excluding hydrogens is 234 g/mol. The average Bonchev–Trinajstić information content (AvgIpc) is 2.37. The van der Waals surface area contributed by atoms with Crippen LogP contribution in [0.25, 0.3) is 10.9 Å². The maximum absolute atomic E-state index is 11.8. The zero-order valence-corrected chi connectivity index (χ0v) is 10.6. The van der Waals surface area contributed by atoms with Crippen LogP contribution in [0.4, 0.5) is 0 Å². The molecule has 0 unspecified atom stereocenters. The highest BCUT2D eigenvalue weighted by Crippen LogP contribution is 2.23. The molecule has 2 aromatic rings. The summed E-state index contributed by atoms with van der Waals surface area (Å²) in [6, 6.07) is 9.58. The number of carbonyl (C=O) groups is 1. The molecule has 0 bridgehead atoms. The van der Waals surface area contributed by atoms with Crippen LogP contribution in [0.2, 0.25) is 0 Å². The minimum atomic E-state index is -0.310. The van der Waals surface area contributed by atoms with Crippen molar-refractivity contribution in [1.82, 2.24) is 4.98 Å². The van der Waals surface area contributed by atoms with Crippen molar-refractivity contribution in [1.29, 1.82) is 0 Å². The first kappa shape index (κ1) is 11.9. The number of benzene rings is 1. The van der Waals surface area contributed by atoms with Gasteiger partial charge in [-0.1, -0.05) is 18.2 Å². The van der Waals surface area contributed by atoms with Crippen LogP contribution in [0.1, 0.15) is 17.3 Å². The van der Waals surface area contributed by atoms with Gasteiger partial charge in [0.2, 0.25) is 0 Å². The number of thioether (sulfide) groups is 1. The van der Waals surface area contributed by atoms with Crippen LogP contribution in [0.3, 0.4) is 0 Å². The van der Waals surface area contributed by atoms with E-state index in [4.69, 9.17) is 4.74 Å². The highest BCUT2D eigenvalue weighted by Gasteiger charge is 2.14. The largest absolute Gasteiger partial charge is 0.462 e. The van der Waals surface area contributed by atoms with E-state index < -0.39 is 0 Å². The van der Waals surface area contributed by atoms with Crippen molar-refractivity contribution in [3.05, 3.63) is 35.9 Å². The van der Waals surface area contributed by atoms with Gasteiger partial charge >= 0.3 is 5.97 Å². The van der Waals surface area contributed by atoms with Gasteiger partial charge in [-0.05, 0) is 25.3 Å². The Bertz CT molecular complexity index is 554. The minimum Gasteiger partial charge on any atom is -0.462 e. The van der Waals surface area contributed by atoms with Gasteiger partial charge in [-0.3, -0.25) is 0 Å². The van der Waals surface area contributed by atoms with Gasteiger partial charge in [0.1, 0.15) is 5.03 Å². The molecule has 1 heterocycles. The van der Waals surface area contributed by atoms with Gasteiger partial charge in [-0.15, -0.1) is 11.8 Å².